The van der Waals surface area contributed by atoms with Crippen LogP contribution in [0, 0.1) is 0 Å². The summed E-state index contributed by atoms with van der Waals surface area (Å²) < 4.78 is 34.7. The number of carboxylic acids is 2. The van der Waals surface area contributed by atoms with E-state index in [0.717, 1.165) is 22.3 Å². The van der Waals surface area contributed by atoms with E-state index in [9.17, 15) is 68.4 Å². The quantitative estimate of drug-likeness (QED) is 0.0200. The van der Waals surface area contributed by atoms with Gasteiger partial charge in [0.1, 0.15) is 23.0 Å². The molecule has 0 heterocycles. The molecule has 108 heavy (non-hydrogen) atoms. The Hall–Kier alpha value is -12.3. The second-order valence-electron chi connectivity index (χ2n) is 30.3. The fraction of sp³-hybridized carbons (Fsp3) is 0.310. The van der Waals surface area contributed by atoms with Gasteiger partial charge in [-0.2, -0.15) is 0 Å². The molecule has 0 aliphatic heterocycles. The molecular weight excluding hydrogens is 1380 g/mol. The first-order valence-corrected chi connectivity index (χ1v) is 34.8. The third-order valence-corrected chi connectivity index (χ3v) is 17.9. The Morgan fingerprint density at radius 1 is 0.324 bits per heavy atom. The van der Waals surface area contributed by atoms with Crippen LogP contribution in [0.4, 0.5) is 0 Å². The number of phenols is 2. The lowest BCUT2D eigenvalue weighted by Gasteiger charge is -2.28. The third-order valence-electron chi connectivity index (χ3n) is 17.9. The predicted molar refractivity (Wildman–Crippen MR) is 397 cm³/mol. The van der Waals surface area contributed by atoms with E-state index in [2.05, 4.69) is 21.7 Å². The molecule has 8 N–H and O–H groups in total. The number of aliphatic carboxylic acids is 2. The molecule has 4 amide bonds. The molecule has 24 nitrogen and oxygen atoms in total. The molecule has 1 aliphatic rings. The number of esters is 4. The third kappa shape index (κ3) is 20.2. The van der Waals surface area contributed by atoms with Crippen molar-refractivity contribution in [1.29, 1.82) is 0 Å². The SMILES string of the molecule is CC(C)(C)c1cc2c(O)c(c1)Cc1cc(C(C)(C)C)cc(c1OCC(=O)NNC(=O)[C@H](OC(=O)c1ccccc1)[C@@H](OC(=O)c1ccccc1)C(=O)O)Cc1cc(C(C)(C)C)cc(c1O)Cc1cc(C(C)(C)C)cc(c1OCC(=O)NNC(=O)[C@H](OC(=O)c1ccccc1)[C@@H](OC(=O)c1ccccc1)C(=O)O)C2. The minimum atomic E-state index is -2.43. The van der Waals surface area contributed by atoms with Crippen molar-refractivity contribution in [2.45, 2.75) is 155 Å². The van der Waals surface area contributed by atoms with Crippen molar-refractivity contribution in [2.24, 2.45) is 0 Å². The number of aromatic hydroxyl groups is 2. The van der Waals surface area contributed by atoms with Crippen molar-refractivity contribution in [2.75, 3.05) is 13.2 Å². The van der Waals surface area contributed by atoms with Crippen LogP contribution in [0.25, 0.3) is 0 Å². The Labute approximate surface area is 625 Å². The zero-order valence-corrected chi connectivity index (χ0v) is 62.0. The van der Waals surface area contributed by atoms with Gasteiger partial charge in [-0.1, -0.05) is 204 Å². The van der Waals surface area contributed by atoms with E-state index in [0.29, 0.717) is 44.5 Å². The molecule has 0 unspecified atom stereocenters. The van der Waals surface area contributed by atoms with E-state index in [1.54, 1.807) is 24.3 Å². The van der Waals surface area contributed by atoms with Crippen LogP contribution in [0.3, 0.4) is 0 Å². The Morgan fingerprint density at radius 3 is 0.750 bits per heavy atom. The van der Waals surface area contributed by atoms with Gasteiger partial charge in [0, 0.05) is 25.7 Å². The van der Waals surface area contributed by atoms with E-state index in [4.69, 9.17) is 28.4 Å². The number of ether oxygens (including phenoxy) is 6. The van der Waals surface area contributed by atoms with Crippen molar-refractivity contribution >= 4 is 59.4 Å². The summed E-state index contributed by atoms with van der Waals surface area (Å²) in [5.74, 6) is -13.1. The summed E-state index contributed by atoms with van der Waals surface area (Å²) in [5.41, 5.74) is 12.9. The highest BCUT2D eigenvalue weighted by atomic mass is 16.6. The van der Waals surface area contributed by atoms with Crippen molar-refractivity contribution in [3.05, 3.63) is 259 Å². The van der Waals surface area contributed by atoms with Crippen LogP contribution in [-0.4, -0.2) is 118 Å². The lowest BCUT2D eigenvalue weighted by atomic mass is 9.79. The van der Waals surface area contributed by atoms with Crippen molar-refractivity contribution in [3.8, 4) is 23.0 Å². The van der Waals surface area contributed by atoms with Crippen molar-refractivity contribution in [1.82, 2.24) is 21.7 Å². The first-order chi connectivity index (χ1) is 50.8. The van der Waals surface area contributed by atoms with Crippen LogP contribution < -0.4 is 31.2 Å². The maximum Gasteiger partial charge on any atom is 0.349 e. The normalized spacial score (nSPS) is 13.3. The van der Waals surface area contributed by atoms with Crippen LogP contribution in [-0.2, 0) is 95.1 Å². The average molecular weight is 1470 g/mol. The molecule has 0 aromatic heterocycles. The molecule has 564 valence electrons. The summed E-state index contributed by atoms with van der Waals surface area (Å²) in [7, 11) is 0. The van der Waals surface area contributed by atoms with Gasteiger partial charge >= 0.3 is 35.8 Å². The van der Waals surface area contributed by atoms with E-state index >= 15 is 0 Å². The monoisotopic (exact) mass is 1470 g/mol. The van der Waals surface area contributed by atoms with Crippen LogP contribution in [0.2, 0.25) is 0 Å². The topological polar surface area (TPSA) is 355 Å². The standard InChI is InChI=1S/C84H88N4O20/c1-81(2,3)59-37-51-33-55-41-61(83(7,8)9)43-57(67(55)103-45-63(89)85-87-73(93)69(105-77(99)47-25-17-13-18-26-47)71(75(95)96)107-79(101)49-29-21-15-22-30-49)35-53-39-60(82(4,5)6)40-54(66(53)92)36-58-44-62(84(10,11)12)42-56(34-52(38-59)65(51)91)68(58)104-46-64(90)86-88-74(94)70(106-78(100)48-27-19-14-20-28-48)72(76(97)98)108-80(102)50-31-23-16-24-32-50/h13-32,37-44,69-72,91-92H,33-36,45-46H2,1-12H3,(H,85,89)(H,86,90)(H,87,93)(H,88,94)(H,95,96)(H,97,98)/t69-,70-,71-,72-/m1/s1. The zero-order chi connectivity index (χ0) is 78.7. The Bertz CT molecular complexity index is 4330. The molecule has 4 atom stereocenters. The molecule has 8 bridgehead atoms. The Balaban J connectivity index is 1.09. The zero-order valence-electron chi connectivity index (χ0n) is 62.0. The smallest absolute Gasteiger partial charge is 0.349 e. The molecule has 0 saturated carbocycles. The first kappa shape index (κ1) is 79.8. The van der Waals surface area contributed by atoms with Crippen molar-refractivity contribution in [3.63, 3.8) is 0 Å². The van der Waals surface area contributed by atoms with Gasteiger partial charge in [-0.25, -0.2) is 28.8 Å². The summed E-state index contributed by atoms with van der Waals surface area (Å²) >= 11 is 0. The fourth-order valence-electron chi connectivity index (χ4n) is 11.8. The highest BCUT2D eigenvalue weighted by molar-refractivity contribution is 5.99. The van der Waals surface area contributed by atoms with Gasteiger partial charge in [0.25, 0.3) is 23.6 Å². The molecule has 1 aliphatic carbocycles. The molecule has 8 aromatic carbocycles. The van der Waals surface area contributed by atoms with Gasteiger partial charge in [0.2, 0.25) is 24.4 Å². The number of hydrazine groups is 2. The molecule has 9 rings (SSSR count). The van der Waals surface area contributed by atoms with Crippen LogP contribution in [0.5, 0.6) is 23.0 Å². The highest BCUT2D eigenvalue weighted by Crippen LogP contribution is 2.44. The molecule has 0 spiro atoms. The number of carbonyl (C=O) groups is 10. The number of carbonyl (C=O) groups excluding carboxylic acids is 8. The summed E-state index contributed by atoms with van der Waals surface area (Å²) in [6.45, 7) is 22.4. The van der Waals surface area contributed by atoms with Crippen molar-refractivity contribution < 1.29 is 96.8 Å². The number of hydrogen-bond acceptors (Lipinski definition) is 18. The summed E-state index contributed by atoms with van der Waals surface area (Å²) in [6.07, 6.45) is -9.79. The Morgan fingerprint density at radius 2 is 0.537 bits per heavy atom. The minimum Gasteiger partial charge on any atom is -0.507 e. The van der Waals surface area contributed by atoms with E-state index in [-0.39, 0.29) is 70.9 Å². The molecule has 24 heteroatoms. The fourth-order valence-corrected chi connectivity index (χ4v) is 11.8. The van der Waals surface area contributed by atoms with Gasteiger partial charge in [-0.3, -0.25) is 40.9 Å². The predicted octanol–water partition coefficient (Wildman–Crippen LogP) is 11.1. The van der Waals surface area contributed by atoms with Gasteiger partial charge < -0.3 is 48.8 Å². The Kier molecular flexibility index (Phi) is 24.7. The van der Waals surface area contributed by atoms with Gasteiger partial charge in [-0.05, 0) is 137 Å². The van der Waals surface area contributed by atoms with Crippen LogP contribution >= 0.6 is 0 Å². The number of amides is 4. The number of nitrogens with one attached hydrogen (secondary N) is 4. The maximum absolute atomic E-state index is 14.3. The van der Waals surface area contributed by atoms with E-state index in [1.165, 1.54) is 97.1 Å². The summed E-state index contributed by atoms with van der Waals surface area (Å²) in [6, 6.07) is 44.3. The molecule has 0 saturated heterocycles. The molecule has 0 fully saturated rings. The molecule has 0 radical (unpaired) electrons. The highest BCUT2D eigenvalue weighted by Gasteiger charge is 2.43. The number of phenolic OH excluding ortho intramolecular Hbond substituents is 2. The number of benzene rings is 8. The van der Waals surface area contributed by atoms with Gasteiger partial charge in [0.15, 0.2) is 13.2 Å². The minimum absolute atomic E-state index is 0.0448. The summed E-state index contributed by atoms with van der Waals surface area (Å²) in [5, 5.41) is 46.7. The van der Waals surface area contributed by atoms with Gasteiger partial charge in [0.05, 0.1) is 22.3 Å². The van der Waals surface area contributed by atoms with Crippen LogP contribution in [0.15, 0.2) is 170 Å². The lowest BCUT2D eigenvalue weighted by molar-refractivity contribution is -0.160. The summed E-state index contributed by atoms with van der Waals surface area (Å²) in [4.78, 5) is 136. The second-order valence-corrected chi connectivity index (χ2v) is 30.3. The number of fused-ring (bicyclic) bond motifs is 8. The second kappa shape index (κ2) is 33.4. The maximum atomic E-state index is 14.3. The first-order valence-electron chi connectivity index (χ1n) is 34.8. The molecule has 8 aromatic rings. The largest absolute Gasteiger partial charge is 0.507 e. The van der Waals surface area contributed by atoms with E-state index < -0.39 is 119 Å². The number of hydrogen-bond donors (Lipinski definition) is 8. The number of rotatable bonds is 20. The molecular formula is C84H88N4O20. The number of carboxylic acid groups (broad SMARTS) is 2. The lowest BCUT2D eigenvalue weighted by Crippen LogP contribution is -2.55. The average Bonchev–Trinajstić information content (AvgIpc) is 0.763. The van der Waals surface area contributed by atoms with Gasteiger partial charge in [-0.15, -0.1) is 0 Å². The van der Waals surface area contributed by atoms with Crippen LogP contribution in [0.1, 0.15) is 191 Å². The van der Waals surface area contributed by atoms with E-state index in [1.807, 2.05) is 132 Å².